The predicted molar refractivity (Wildman–Crippen MR) is 342 cm³/mol. The number of halogens is 17. The molecule has 6 aromatic carbocycles. The van der Waals surface area contributed by atoms with E-state index in [2.05, 4.69) is 41.0 Å². The number of aliphatic imine (C=N–C) groups is 2. The number of benzene rings is 6. The first kappa shape index (κ1) is 82.5. The molecule has 0 aliphatic heterocycles. The lowest BCUT2D eigenvalue weighted by molar-refractivity contribution is -0.700. The second kappa shape index (κ2) is 33.3. The van der Waals surface area contributed by atoms with Gasteiger partial charge in [-0.2, -0.15) is 78.9 Å². The van der Waals surface area contributed by atoms with Gasteiger partial charge < -0.3 is 25.5 Å². The molecule has 18 nitrogen and oxygen atoms in total. The van der Waals surface area contributed by atoms with Gasteiger partial charge in [-0.05, 0) is 115 Å². The molecule has 0 aliphatic rings. The van der Waals surface area contributed by atoms with E-state index in [-0.39, 0.29) is 24.7 Å². The fourth-order valence-electron chi connectivity index (χ4n) is 9.40. The number of amides is 2. The van der Waals surface area contributed by atoms with E-state index in [0.29, 0.717) is 66.6 Å². The number of nitrogens with zero attached hydrogens (tertiary/aromatic N) is 4. The molecule has 6 N–H and O–H groups in total. The maximum absolute atomic E-state index is 14.8. The fraction of sp³-hybridized carbons (Fsp3) is 0.318. The minimum atomic E-state index is -8.97. The van der Waals surface area contributed by atoms with Crippen LogP contribution in [0.3, 0.4) is 0 Å². The number of rotatable bonds is 30. The van der Waals surface area contributed by atoms with Gasteiger partial charge in [-0.3, -0.25) is 14.8 Å². The second-order valence-electron chi connectivity index (χ2n) is 22.2. The largest absolute Gasteiger partial charge is 0.726 e. The van der Waals surface area contributed by atoms with Gasteiger partial charge in [-0.1, -0.05) is 110 Å². The number of hydrogen-bond donors (Lipinski definition) is 4. The number of carbonyl (C=O) groups excluding carboxylic acids is 2. The van der Waals surface area contributed by atoms with E-state index in [1.807, 2.05) is 121 Å². The number of ether oxygens (including phenoxy) is 2. The van der Waals surface area contributed by atoms with Crippen LogP contribution in [-0.4, -0.2) is 129 Å². The Balaban J connectivity index is 0.00000226. The molecule has 0 spiro atoms. The van der Waals surface area contributed by atoms with E-state index in [4.69, 9.17) is 16.2 Å². The zero-order chi connectivity index (χ0) is 76.8. The minimum Gasteiger partial charge on any atom is -0.726 e. The summed E-state index contributed by atoms with van der Waals surface area (Å²) in [5.74, 6) is -51.8. The molecule has 0 bridgehead atoms. The first-order valence-electron chi connectivity index (χ1n) is 30.2. The van der Waals surface area contributed by atoms with Crippen LogP contribution in [0.15, 0.2) is 180 Å². The molecular weight excluding hydrogens is 1450 g/mol. The summed E-state index contributed by atoms with van der Waals surface area (Å²) in [6.45, 7) is 0.333. The molecule has 7 rings (SSSR count). The Morgan fingerprint density at radius 2 is 0.835 bits per heavy atom. The number of pyridine rings is 1. The van der Waals surface area contributed by atoms with Crippen LogP contribution in [0.1, 0.15) is 71.0 Å². The molecule has 1 aromatic heterocycles. The van der Waals surface area contributed by atoms with E-state index in [0.717, 1.165) is 45.6 Å². The van der Waals surface area contributed by atoms with Crippen molar-refractivity contribution >= 4 is 67.0 Å². The highest BCUT2D eigenvalue weighted by molar-refractivity contribution is 7.90. The molecule has 37 heteroatoms. The molecule has 0 aliphatic carbocycles. The summed E-state index contributed by atoms with van der Waals surface area (Å²) in [6.07, 6.45) is -5.82. The molecule has 0 fully saturated rings. The number of anilines is 2. The third-order valence-electron chi connectivity index (χ3n) is 15.0. The summed E-state index contributed by atoms with van der Waals surface area (Å²) in [6, 6.07) is 49.0. The first-order chi connectivity index (χ1) is 47.9. The average Bonchev–Trinajstić information content (AvgIpc) is 0.690. The Labute approximate surface area is 578 Å². The van der Waals surface area contributed by atoms with Crippen molar-refractivity contribution in [1.29, 1.82) is 0 Å². The van der Waals surface area contributed by atoms with Crippen molar-refractivity contribution < 1.29 is 124 Å². The number of aryl methyl sites for hydroxylation is 1. The maximum Gasteiger partial charge on any atom is 0.460 e. The molecule has 0 radical (unpaired) electrons. The highest BCUT2D eigenvalue weighted by Crippen LogP contribution is 2.64. The summed E-state index contributed by atoms with van der Waals surface area (Å²) in [5, 5.41) is -2.88. The van der Waals surface area contributed by atoms with Crippen molar-refractivity contribution in [2.45, 2.75) is 100.0 Å². The van der Waals surface area contributed by atoms with E-state index in [1.165, 1.54) is 31.2 Å². The van der Waals surface area contributed by atoms with Crippen molar-refractivity contribution in [3.8, 4) is 0 Å². The maximum atomic E-state index is 14.8. The quantitative estimate of drug-likeness (QED) is 0.00818. The Hall–Kier alpha value is -9.46. The van der Waals surface area contributed by atoms with Gasteiger partial charge in [-0.25, -0.2) is 41.0 Å². The van der Waals surface area contributed by atoms with Gasteiger partial charge in [0, 0.05) is 47.7 Å². The molecule has 7 aromatic rings. The number of hydrogen-bond acceptors (Lipinski definition) is 12. The summed E-state index contributed by atoms with van der Waals surface area (Å²) in [5.41, 5.74) is 22.5. The standard InChI is InChI=1S/C64H57F17N8O6S.C2H6O4S/c1-3-88-33-6-5-7-52(88)32-35-94-55(90)86-50-28-18-45(19-29-50)39-43-14-26-49(27-15-43)85-54(83)46-20-8-40(9-21-46)37-42-12-24-48(25-13-42)84-53(82)47-22-10-41(11-23-47)38-44-16-30-51(31-17-44)87-56(91)95-36-34-89(4-2)96(92,93)64(80,81)62(75,76)60(71,72)58(67,68)57(65,66)59(69,70)61(73,74)63(77,78)79;1-2-6-7(3,4)5/h5-31,33H,3-4,32,34-39H2,1-2H3,(H5-,82,83,84,85,86,87,90,91);2H2,1H3,(H,3,4,5). The number of alkyl halides is 17. The first-order valence-corrected chi connectivity index (χ1v) is 33.0. The number of nitrogens with two attached hydrogens (primary N) is 2. The third-order valence-corrected chi connectivity index (χ3v) is 17.6. The van der Waals surface area contributed by atoms with Crippen LogP contribution < -0.4 is 26.7 Å². The molecule has 0 atom stereocenters. The van der Waals surface area contributed by atoms with Crippen molar-refractivity contribution in [1.82, 2.24) is 4.31 Å². The van der Waals surface area contributed by atoms with Crippen LogP contribution in [0.2, 0.25) is 0 Å². The Kier molecular flexibility index (Phi) is 26.7. The SMILES string of the molecule is CCN(CCOC(=O)Nc1ccc(Cc2ccc(C(N)=Nc3ccc(Cc4ccc(C(N)=Nc5ccc(Cc6ccc(NC(=O)OCCc7cccc[n+]7CC)cc6)cc5)cc4)cc3)cc2)cc1)S(=O)(=O)C(F)(F)C(F)(F)C(F)(F)C(F)(F)C(F)(F)C(F)(F)C(F)(F)C(F)(F)F.CCOS(=O)(=O)[O-]. The summed E-state index contributed by atoms with van der Waals surface area (Å²) in [4.78, 5) is 33.9. The van der Waals surface area contributed by atoms with Crippen molar-refractivity contribution in [3.63, 3.8) is 0 Å². The lowest BCUT2D eigenvalue weighted by Gasteiger charge is -2.43. The topological polar surface area (TPSA) is 261 Å². The fourth-order valence-corrected chi connectivity index (χ4v) is 11.1. The van der Waals surface area contributed by atoms with Gasteiger partial charge in [-0.15, -0.1) is 0 Å². The van der Waals surface area contributed by atoms with Gasteiger partial charge in [0.2, 0.25) is 10.4 Å². The lowest BCUT2D eigenvalue weighted by Crippen LogP contribution is -2.75. The van der Waals surface area contributed by atoms with Crippen molar-refractivity contribution in [3.05, 3.63) is 220 Å². The molecule has 1 heterocycles. The Morgan fingerprint density at radius 1 is 0.485 bits per heavy atom. The molecule has 558 valence electrons. The molecule has 0 saturated heterocycles. The van der Waals surface area contributed by atoms with Crippen LogP contribution in [-0.2, 0) is 66.3 Å². The highest BCUT2D eigenvalue weighted by Gasteiger charge is 2.96. The van der Waals surface area contributed by atoms with E-state index in [9.17, 15) is 106 Å². The average molecular weight is 1520 g/mol. The summed E-state index contributed by atoms with van der Waals surface area (Å²) < 4.78 is 302. The Morgan fingerprint density at radius 3 is 1.17 bits per heavy atom. The Bertz CT molecular complexity index is 4320. The third kappa shape index (κ3) is 19.8. The number of aromatic nitrogens is 1. The smallest absolute Gasteiger partial charge is 0.460 e. The number of amidine groups is 2. The summed E-state index contributed by atoms with van der Waals surface area (Å²) >= 11 is 0. The number of sulfonamides is 1. The zero-order valence-electron chi connectivity index (χ0n) is 54.0. The van der Waals surface area contributed by atoms with Crippen LogP contribution >= 0.6 is 0 Å². The second-order valence-corrected chi connectivity index (χ2v) is 25.2. The van der Waals surface area contributed by atoms with E-state index in [1.54, 1.807) is 24.3 Å². The molecular formula is C66H63F17N8O10S2. The highest BCUT2D eigenvalue weighted by atomic mass is 32.3. The van der Waals surface area contributed by atoms with Gasteiger partial charge in [0.25, 0.3) is 10.0 Å². The lowest BCUT2D eigenvalue weighted by atomic mass is 9.91. The number of nitrogens with one attached hydrogen (secondary N) is 2. The van der Waals surface area contributed by atoms with Crippen molar-refractivity contribution in [2.24, 2.45) is 21.5 Å². The van der Waals surface area contributed by atoms with Crippen LogP contribution in [0.4, 0.5) is 107 Å². The van der Waals surface area contributed by atoms with E-state index >= 15 is 0 Å². The van der Waals surface area contributed by atoms with Gasteiger partial charge in [0.05, 0.1) is 24.4 Å². The minimum absolute atomic E-state index is 0.0313. The number of likely N-dealkylation sites (N-methyl/N-ethyl adjacent to an activating group) is 1. The monoisotopic (exact) mass is 1510 g/mol. The molecule has 103 heavy (non-hydrogen) atoms. The molecule has 2 amide bonds. The molecule has 0 saturated carbocycles. The van der Waals surface area contributed by atoms with Gasteiger partial charge >= 0.3 is 59.2 Å². The molecule has 0 unspecified atom stereocenters. The van der Waals surface area contributed by atoms with Crippen molar-refractivity contribution in [2.75, 3.05) is 43.5 Å². The zero-order valence-corrected chi connectivity index (χ0v) is 55.6. The van der Waals surface area contributed by atoms with Crippen LogP contribution in [0, 0.1) is 0 Å². The number of carbonyl (C=O) groups is 2. The van der Waals surface area contributed by atoms with Crippen LogP contribution in [0.25, 0.3) is 0 Å². The normalized spacial score (nSPS) is 13.3. The van der Waals surface area contributed by atoms with Gasteiger partial charge in [0.1, 0.15) is 31.4 Å². The summed E-state index contributed by atoms with van der Waals surface area (Å²) in [7, 11) is -12.0. The predicted octanol–water partition coefficient (Wildman–Crippen LogP) is 14.3. The van der Waals surface area contributed by atoms with Gasteiger partial charge in [0.15, 0.2) is 11.9 Å². The van der Waals surface area contributed by atoms with Crippen LogP contribution in [0.5, 0.6) is 0 Å². The van der Waals surface area contributed by atoms with E-state index < -0.39 is 104 Å².